The number of hydrogen-bond donors (Lipinski definition) is 2. The van der Waals surface area contributed by atoms with Crippen molar-refractivity contribution < 1.29 is 13.9 Å². The van der Waals surface area contributed by atoms with E-state index < -0.39 is 11.3 Å². The van der Waals surface area contributed by atoms with E-state index in [1.807, 2.05) is 61.5 Å². The highest BCUT2D eigenvalue weighted by molar-refractivity contribution is 8.00. The zero-order chi connectivity index (χ0) is 23.5. The van der Waals surface area contributed by atoms with Crippen LogP contribution in [-0.2, 0) is 11.4 Å². The van der Waals surface area contributed by atoms with Crippen LogP contribution in [0.15, 0.2) is 84.0 Å². The molecule has 0 saturated heterocycles. The molecule has 1 amide bonds. The number of benzene rings is 3. The maximum atomic E-state index is 13.6. The van der Waals surface area contributed by atoms with Gasteiger partial charge in [-0.15, -0.1) is 10.2 Å². The highest BCUT2D eigenvalue weighted by atomic mass is 32.2. The van der Waals surface area contributed by atoms with Crippen molar-refractivity contribution in [1.82, 2.24) is 14.9 Å². The van der Waals surface area contributed by atoms with Crippen LogP contribution in [0.25, 0.3) is 0 Å². The Labute approximate surface area is 200 Å². The predicted molar refractivity (Wildman–Crippen MR) is 129 cm³/mol. The Bertz CT molecular complexity index is 1300. The Balaban J connectivity index is 1.42. The van der Waals surface area contributed by atoms with Crippen molar-refractivity contribution in [2.24, 2.45) is 0 Å². The largest absolute Gasteiger partial charge is 0.486 e. The van der Waals surface area contributed by atoms with Crippen LogP contribution in [0.4, 0.5) is 10.1 Å². The summed E-state index contributed by atoms with van der Waals surface area (Å²) in [6.07, 6.45) is 0. The van der Waals surface area contributed by atoms with E-state index in [1.54, 1.807) is 16.8 Å². The number of carbonyl (C=O) groups is 1. The van der Waals surface area contributed by atoms with Crippen molar-refractivity contribution >= 4 is 23.4 Å². The lowest BCUT2D eigenvalue weighted by atomic mass is 10.0. The molecule has 0 saturated carbocycles. The van der Waals surface area contributed by atoms with Crippen LogP contribution in [0.2, 0.25) is 0 Å². The number of hydrogen-bond acceptors (Lipinski definition) is 6. The third-order valence-corrected chi connectivity index (χ3v) is 6.60. The zero-order valence-electron chi connectivity index (χ0n) is 18.3. The summed E-state index contributed by atoms with van der Waals surface area (Å²) >= 11 is 1.30. The molecular weight excluding hydrogens is 453 g/mol. The normalized spacial score (nSPS) is 16.9. The molecule has 172 valence electrons. The number of halogens is 1. The van der Waals surface area contributed by atoms with Crippen molar-refractivity contribution in [1.29, 1.82) is 0 Å². The van der Waals surface area contributed by atoms with Crippen molar-refractivity contribution in [2.45, 2.75) is 30.0 Å². The van der Waals surface area contributed by atoms with Crippen LogP contribution in [0, 0.1) is 12.7 Å². The third-order valence-electron chi connectivity index (χ3n) is 5.39. The minimum absolute atomic E-state index is 0.186. The summed E-state index contributed by atoms with van der Waals surface area (Å²) in [5.74, 6) is 0.758. The molecule has 4 aromatic rings. The average molecular weight is 476 g/mol. The van der Waals surface area contributed by atoms with Crippen LogP contribution >= 0.6 is 11.8 Å². The topological polar surface area (TPSA) is 81.1 Å². The third kappa shape index (κ3) is 4.74. The Morgan fingerprint density at radius 1 is 1.09 bits per heavy atom. The SMILES string of the molecule is Cc1cccc(NC(=O)[C@@H]2Sc3nnc(COc4ccccc4)n3N[C@H]2c2ccc(F)cc2)c1. The van der Waals surface area contributed by atoms with Gasteiger partial charge in [0, 0.05) is 5.69 Å². The molecule has 0 unspecified atom stereocenters. The standard InChI is InChI=1S/C25H22FN5O2S/c1-16-6-5-7-19(14-16)27-24(32)23-22(17-10-12-18(26)13-11-17)30-31-21(28-29-25(31)34-23)15-33-20-8-3-2-4-9-20/h2-14,22-23,30H,15H2,1H3,(H,27,32)/t22-,23+/m0/s1. The summed E-state index contributed by atoms with van der Waals surface area (Å²) in [4.78, 5) is 13.3. The molecule has 7 nitrogen and oxygen atoms in total. The molecule has 5 rings (SSSR count). The van der Waals surface area contributed by atoms with Crippen LogP contribution in [0.3, 0.4) is 0 Å². The first-order valence-electron chi connectivity index (χ1n) is 10.8. The summed E-state index contributed by atoms with van der Waals surface area (Å²) < 4.78 is 21.2. The molecular formula is C25H22FN5O2S. The highest BCUT2D eigenvalue weighted by Gasteiger charge is 2.38. The van der Waals surface area contributed by atoms with E-state index in [-0.39, 0.29) is 18.3 Å². The number of ether oxygens (including phenoxy) is 1. The van der Waals surface area contributed by atoms with E-state index in [2.05, 4.69) is 20.9 Å². The molecule has 3 aromatic carbocycles. The van der Waals surface area contributed by atoms with Gasteiger partial charge in [-0.25, -0.2) is 9.07 Å². The molecule has 0 radical (unpaired) electrons. The lowest BCUT2D eigenvalue weighted by Gasteiger charge is -2.33. The number of nitrogens with one attached hydrogen (secondary N) is 2. The smallest absolute Gasteiger partial charge is 0.240 e. The molecule has 0 bridgehead atoms. The molecule has 2 heterocycles. The van der Waals surface area contributed by atoms with Crippen molar-refractivity contribution in [3.8, 4) is 5.75 Å². The van der Waals surface area contributed by atoms with Gasteiger partial charge < -0.3 is 15.5 Å². The number of rotatable bonds is 6. The maximum absolute atomic E-state index is 13.6. The minimum atomic E-state index is -0.564. The number of para-hydroxylation sites is 1. The van der Waals surface area contributed by atoms with E-state index in [4.69, 9.17) is 4.74 Å². The van der Waals surface area contributed by atoms with Gasteiger partial charge in [0.05, 0.1) is 6.04 Å². The van der Waals surface area contributed by atoms with Gasteiger partial charge in [0.25, 0.3) is 0 Å². The summed E-state index contributed by atoms with van der Waals surface area (Å²) in [7, 11) is 0. The number of aromatic nitrogens is 3. The van der Waals surface area contributed by atoms with Gasteiger partial charge >= 0.3 is 0 Å². The van der Waals surface area contributed by atoms with Gasteiger partial charge in [-0.05, 0) is 54.4 Å². The van der Waals surface area contributed by atoms with Crippen LogP contribution in [-0.4, -0.2) is 26.0 Å². The van der Waals surface area contributed by atoms with Crippen molar-refractivity contribution in [3.05, 3.63) is 102 Å². The first-order chi connectivity index (χ1) is 16.6. The summed E-state index contributed by atoms with van der Waals surface area (Å²) in [6.45, 7) is 2.16. The fourth-order valence-corrected chi connectivity index (χ4v) is 4.81. The van der Waals surface area contributed by atoms with E-state index in [0.717, 1.165) is 11.1 Å². The molecule has 1 aliphatic rings. The second-order valence-electron chi connectivity index (χ2n) is 7.89. The number of aryl methyl sites for hydroxylation is 1. The van der Waals surface area contributed by atoms with E-state index in [9.17, 15) is 9.18 Å². The molecule has 9 heteroatoms. The van der Waals surface area contributed by atoms with Gasteiger partial charge in [-0.3, -0.25) is 4.79 Å². The van der Waals surface area contributed by atoms with Crippen LogP contribution in [0.1, 0.15) is 23.0 Å². The van der Waals surface area contributed by atoms with Crippen molar-refractivity contribution in [2.75, 3.05) is 10.7 Å². The first-order valence-corrected chi connectivity index (χ1v) is 11.6. The predicted octanol–water partition coefficient (Wildman–Crippen LogP) is 4.70. The maximum Gasteiger partial charge on any atom is 0.240 e. The van der Waals surface area contributed by atoms with Gasteiger partial charge in [0.15, 0.2) is 5.82 Å². The van der Waals surface area contributed by atoms with Gasteiger partial charge in [-0.2, -0.15) is 0 Å². The summed E-state index contributed by atoms with van der Waals surface area (Å²) in [5.41, 5.74) is 5.89. The van der Waals surface area contributed by atoms with E-state index >= 15 is 0 Å². The number of thioether (sulfide) groups is 1. The Morgan fingerprint density at radius 3 is 2.65 bits per heavy atom. The van der Waals surface area contributed by atoms with Gasteiger partial charge in [0.2, 0.25) is 11.1 Å². The summed E-state index contributed by atoms with van der Waals surface area (Å²) in [5, 5.41) is 11.5. The van der Waals surface area contributed by atoms with E-state index in [0.29, 0.717) is 22.4 Å². The summed E-state index contributed by atoms with van der Waals surface area (Å²) in [6, 6.07) is 22.7. The first kappa shape index (κ1) is 22.0. The molecule has 2 atom stereocenters. The van der Waals surface area contributed by atoms with Gasteiger partial charge in [0.1, 0.15) is 23.4 Å². The minimum Gasteiger partial charge on any atom is -0.486 e. The quantitative estimate of drug-likeness (QED) is 0.421. The molecule has 1 aromatic heterocycles. The Morgan fingerprint density at radius 2 is 1.88 bits per heavy atom. The second kappa shape index (κ2) is 9.56. The van der Waals surface area contributed by atoms with E-state index in [1.165, 1.54) is 23.9 Å². The van der Waals surface area contributed by atoms with Crippen molar-refractivity contribution in [3.63, 3.8) is 0 Å². The lowest BCUT2D eigenvalue weighted by Crippen LogP contribution is -2.41. The molecule has 0 aliphatic carbocycles. The van der Waals surface area contributed by atoms with Crippen LogP contribution < -0.4 is 15.5 Å². The second-order valence-corrected chi connectivity index (χ2v) is 9.00. The number of amides is 1. The molecule has 0 spiro atoms. The average Bonchev–Trinajstić information content (AvgIpc) is 3.25. The number of anilines is 1. The number of nitrogens with zero attached hydrogens (tertiary/aromatic N) is 3. The molecule has 34 heavy (non-hydrogen) atoms. The molecule has 0 fully saturated rings. The highest BCUT2D eigenvalue weighted by Crippen LogP contribution is 2.37. The number of carbonyl (C=O) groups excluding carboxylic acids is 1. The fraction of sp³-hybridized carbons (Fsp3) is 0.160. The lowest BCUT2D eigenvalue weighted by molar-refractivity contribution is -0.116. The van der Waals surface area contributed by atoms with Crippen LogP contribution in [0.5, 0.6) is 5.75 Å². The molecule has 2 N–H and O–H groups in total. The Kier molecular flexibility index (Phi) is 6.18. The number of fused-ring (bicyclic) bond motifs is 1. The molecule has 1 aliphatic heterocycles. The monoisotopic (exact) mass is 475 g/mol. The Hall–Kier alpha value is -3.85. The van der Waals surface area contributed by atoms with Gasteiger partial charge in [-0.1, -0.05) is 54.2 Å². The zero-order valence-corrected chi connectivity index (χ0v) is 19.1. The fourth-order valence-electron chi connectivity index (χ4n) is 3.71.